The Labute approximate surface area is 90.1 Å². The lowest BCUT2D eigenvalue weighted by Gasteiger charge is -2.22. The molecule has 1 aliphatic rings. The molecule has 0 aromatic carbocycles. The van der Waals surface area contributed by atoms with E-state index in [1.54, 1.807) is 0 Å². The van der Waals surface area contributed by atoms with Gasteiger partial charge in [-0.1, -0.05) is 0 Å². The molecule has 0 spiro atoms. The van der Waals surface area contributed by atoms with Crippen molar-refractivity contribution < 1.29 is 19.5 Å². The van der Waals surface area contributed by atoms with E-state index in [-0.39, 0.29) is 36.2 Å². The standard InChI is InChI=1S/C9H9N3O4/c13-7-2-1-3-8(14)12(7)6-4-5(9(15)16)10-11-6/h4H,1-3H2,(H,10,11)(H,15,16). The molecule has 0 aliphatic carbocycles. The number of aromatic nitrogens is 2. The number of amides is 2. The van der Waals surface area contributed by atoms with E-state index in [9.17, 15) is 14.4 Å². The molecule has 2 rings (SSSR count). The van der Waals surface area contributed by atoms with Gasteiger partial charge in [0.1, 0.15) is 5.69 Å². The van der Waals surface area contributed by atoms with Gasteiger partial charge in [-0.05, 0) is 6.42 Å². The van der Waals surface area contributed by atoms with E-state index < -0.39 is 5.97 Å². The molecule has 1 aromatic rings. The van der Waals surface area contributed by atoms with Crippen molar-refractivity contribution in [2.75, 3.05) is 4.90 Å². The van der Waals surface area contributed by atoms with Gasteiger partial charge in [0.15, 0.2) is 5.82 Å². The SMILES string of the molecule is O=C(O)c1cc(N2C(=O)CCCC2=O)n[nH]1. The van der Waals surface area contributed by atoms with Crippen LogP contribution in [0.3, 0.4) is 0 Å². The summed E-state index contributed by atoms with van der Waals surface area (Å²) in [6.07, 6.45) is 1.09. The van der Waals surface area contributed by atoms with Gasteiger partial charge in [0, 0.05) is 18.9 Å². The van der Waals surface area contributed by atoms with Gasteiger partial charge >= 0.3 is 5.97 Å². The molecular formula is C9H9N3O4. The number of aromatic amines is 1. The van der Waals surface area contributed by atoms with Crippen LogP contribution in [0.4, 0.5) is 5.82 Å². The predicted molar refractivity (Wildman–Crippen MR) is 51.9 cm³/mol. The Morgan fingerprint density at radius 2 is 2.00 bits per heavy atom. The molecule has 1 fully saturated rings. The number of carbonyl (C=O) groups excluding carboxylic acids is 2. The summed E-state index contributed by atoms with van der Waals surface area (Å²) >= 11 is 0. The third kappa shape index (κ3) is 1.67. The number of anilines is 1. The molecule has 0 atom stereocenters. The number of H-pyrrole nitrogens is 1. The van der Waals surface area contributed by atoms with Crippen LogP contribution in [0.2, 0.25) is 0 Å². The first kappa shape index (κ1) is 10.3. The predicted octanol–water partition coefficient (Wildman–Crippen LogP) is 0.151. The van der Waals surface area contributed by atoms with Gasteiger partial charge in [0.2, 0.25) is 11.8 Å². The highest BCUT2D eigenvalue weighted by Gasteiger charge is 2.29. The van der Waals surface area contributed by atoms with E-state index in [0.717, 1.165) is 4.90 Å². The molecule has 1 aliphatic heterocycles. The molecule has 2 heterocycles. The number of carboxylic acids is 1. The lowest BCUT2D eigenvalue weighted by molar-refractivity contribution is -0.129. The smallest absolute Gasteiger partial charge is 0.353 e. The number of hydrogen-bond donors (Lipinski definition) is 2. The summed E-state index contributed by atoms with van der Waals surface area (Å²) in [5.74, 6) is -1.83. The van der Waals surface area contributed by atoms with Gasteiger partial charge in [0.05, 0.1) is 0 Å². The van der Waals surface area contributed by atoms with Crippen molar-refractivity contribution in [3.8, 4) is 0 Å². The monoisotopic (exact) mass is 223 g/mol. The first-order chi connectivity index (χ1) is 7.59. The van der Waals surface area contributed by atoms with E-state index in [4.69, 9.17) is 5.11 Å². The van der Waals surface area contributed by atoms with Crippen LogP contribution in [0.15, 0.2) is 6.07 Å². The van der Waals surface area contributed by atoms with Crippen molar-refractivity contribution in [1.29, 1.82) is 0 Å². The highest BCUT2D eigenvalue weighted by atomic mass is 16.4. The zero-order valence-electron chi connectivity index (χ0n) is 8.27. The maximum absolute atomic E-state index is 11.5. The number of carboxylic acid groups (broad SMARTS) is 1. The Morgan fingerprint density at radius 1 is 1.38 bits per heavy atom. The minimum absolute atomic E-state index is 0.0482. The zero-order chi connectivity index (χ0) is 11.7. The largest absolute Gasteiger partial charge is 0.477 e. The molecule has 0 saturated carbocycles. The quantitative estimate of drug-likeness (QED) is 0.694. The van der Waals surface area contributed by atoms with Crippen LogP contribution in [0, 0.1) is 0 Å². The van der Waals surface area contributed by atoms with E-state index in [0.29, 0.717) is 6.42 Å². The summed E-state index contributed by atoms with van der Waals surface area (Å²) in [5, 5.41) is 14.6. The van der Waals surface area contributed by atoms with Crippen molar-refractivity contribution in [1.82, 2.24) is 10.2 Å². The van der Waals surface area contributed by atoms with Gasteiger partial charge in [-0.2, -0.15) is 5.10 Å². The van der Waals surface area contributed by atoms with E-state index in [1.165, 1.54) is 6.07 Å². The second kappa shape index (κ2) is 3.76. The molecule has 84 valence electrons. The highest BCUT2D eigenvalue weighted by Crippen LogP contribution is 2.20. The van der Waals surface area contributed by atoms with E-state index in [1.807, 2.05) is 0 Å². The number of carbonyl (C=O) groups is 3. The average Bonchev–Trinajstić information content (AvgIpc) is 2.66. The number of imide groups is 1. The zero-order valence-corrected chi connectivity index (χ0v) is 8.27. The van der Waals surface area contributed by atoms with Gasteiger partial charge in [-0.15, -0.1) is 0 Å². The lowest BCUT2D eigenvalue weighted by Crippen LogP contribution is -2.40. The molecule has 7 heteroatoms. The summed E-state index contributed by atoms with van der Waals surface area (Å²) in [6.45, 7) is 0. The van der Waals surface area contributed by atoms with Crippen LogP contribution < -0.4 is 4.90 Å². The van der Waals surface area contributed by atoms with Gasteiger partial charge < -0.3 is 5.11 Å². The molecule has 1 saturated heterocycles. The summed E-state index contributed by atoms with van der Waals surface area (Å²) in [4.78, 5) is 34.5. The van der Waals surface area contributed by atoms with Crippen LogP contribution in [-0.2, 0) is 9.59 Å². The van der Waals surface area contributed by atoms with E-state index >= 15 is 0 Å². The van der Waals surface area contributed by atoms with Crippen molar-refractivity contribution in [3.05, 3.63) is 11.8 Å². The average molecular weight is 223 g/mol. The van der Waals surface area contributed by atoms with Crippen LogP contribution >= 0.6 is 0 Å². The number of aromatic carboxylic acids is 1. The Morgan fingerprint density at radius 3 is 2.50 bits per heavy atom. The normalized spacial score (nSPS) is 16.6. The molecule has 2 amide bonds. The molecular weight excluding hydrogens is 214 g/mol. The van der Waals surface area contributed by atoms with Gasteiger partial charge in [-0.3, -0.25) is 14.7 Å². The fourth-order valence-corrected chi connectivity index (χ4v) is 1.54. The number of hydrogen-bond acceptors (Lipinski definition) is 4. The maximum atomic E-state index is 11.5. The topological polar surface area (TPSA) is 103 Å². The molecule has 0 bridgehead atoms. The summed E-state index contributed by atoms with van der Waals surface area (Å²) < 4.78 is 0. The Bertz CT molecular complexity index is 449. The van der Waals surface area contributed by atoms with E-state index in [2.05, 4.69) is 10.2 Å². The molecule has 16 heavy (non-hydrogen) atoms. The van der Waals surface area contributed by atoms with Gasteiger partial charge in [0.25, 0.3) is 0 Å². The summed E-state index contributed by atoms with van der Waals surface area (Å²) in [5.41, 5.74) is -0.152. The number of piperidine rings is 1. The summed E-state index contributed by atoms with van der Waals surface area (Å²) in [6, 6.07) is 1.17. The molecule has 0 radical (unpaired) electrons. The number of rotatable bonds is 2. The second-order valence-corrected chi connectivity index (χ2v) is 3.42. The third-order valence-corrected chi connectivity index (χ3v) is 2.30. The lowest BCUT2D eigenvalue weighted by atomic mass is 10.1. The van der Waals surface area contributed by atoms with Crippen molar-refractivity contribution >= 4 is 23.6 Å². The number of nitrogens with zero attached hydrogens (tertiary/aromatic N) is 2. The Balaban J connectivity index is 2.31. The highest BCUT2D eigenvalue weighted by molar-refractivity contribution is 6.15. The van der Waals surface area contributed by atoms with Crippen LogP contribution in [0.1, 0.15) is 29.8 Å². The Hall–Kier alpha value is -2.18. The molecule has 1 aromatic heterocycles. The first-order valence-corrected chi connectivity index (χ1v) is 4.74. The maximum Gasteiger partial charge on any atom is 0.353 e. The second-order valence-electron chi connectivity index (χ2n) is 3.42. The Kier molecular flexibility index (Phi) is 2.43. The van der Waals surface area contributed by atoms with Crippen LogP contribution in [0.5, 0.6) is 0 Å². The summed E-state index contributed by atoms with van der Waals surface area (Å²) in [7, 11) is 0. The van der Waals surface area contributed by atoms with Crippen molar-refractivity contribution in [3.63, 3.8) is 0 Å². The first-order valence-electron chi connectivity index (χ1n) is 4.74. The molecule has 2 N–H and O–H groups in total. The molecule has 0 unspecified atom stereocenters. The van der Waals surface area contributed by atoms with Crippen molar-refractivity contribution in [2.24, 2.45) is 0 Å². The minimum atomic E-state index is -1.18. The fraction of sp³-hybridized carbons (Fsp3) is 0.333. The third-order valence-electron chi connectivity index (χ3n) is 2.30. The van der Waals surface area contributed by atoms with Gasteiger partial charge in [-0.25, -0.2) is 9.69 Å². The fourth-order valence-electron chi connectivity index (χ4n) is 1.54. The van der Waals surface area contributed by atoms with Crippen LogP contribution in [0.25, 0.3) is 0 Å². The van der Waals surface area contributed by atoms with Crippen LogP contribution in [-0.4, -0.2) is 33.1 Å². The minimum Gasteiger partial charge on any atom is -0.477 e. The molecule has 7 nitrogen and oxygen atoms in total. The van der Waals surface area contributed by atoms with Crippen molar-refractivity contribution in [2.45, 2.75) is 19.3 Å². The number of nitrogens with one attached hydrogen (secondary N) is 1.